The highest BCUT2D eigenvalue weighted by Gasteiger charge is 2.21. The van der Waals surface area contributed by atoms with Crippen molar-refractivity contribution in [2.75, 3.05) is 0 Å². The number of Topliss-reactive ketones (excluding diaryl/α,β-unsaturated/α-hetero) is 1. The van der Waals surface area contributed by atoms with Crippen molar-refractivity contribution in [1.82, 2.24) is 9.78 Å². The highest BCUT2D eigenvalue weighted by Crippen LogP contribution is 2.25. The van der Waals surface area contributed by atoms with E-state index in [-0.39, 0.29) is 23.4 Å². The number of nitrogens with two attached hydrogens (primary N) is 1. The molecule has 1 aromatic carbocycles. The van der Waals surface area contributed by atoms with Gasteiger partial charge in [0.1, 0.15) is 16.8 Å². The maximum absolute atomic E-state index is 13.1. The van der Waals surface area contributed by atoms with Gasteiger partial charge < -0.3 is 5.73 Å². The van der Waals surface area contributed by atoms with Crippen LogP contribution in [0.4, 0.5) is 4.39 Å². The molecule has 1 aromatic heterocycles. The average Bonchev–Trinajstić information content (AvgIpc) is 2.95. The van der Waals surface area contributed by atoms with Gasteiger partial charge in [0.05, 0.1) is 11.3 Å². The van der Waals surface area contributed by atoms with Crippen LogP contribution < -0.4 is 5.73 Å². The molecule has 2 aromatic rings. The molecule has 1 aliphatic rings. The molecule has 3 rings (SSSR count). The fourth-order valence-electron chi connectivity index (χ4n) is 3.22. The predicted octanol–water partition coefficient (Wildman–Crippen LogP) is 4.37. The maximum Gasteiger partial charge on any atom is 0.168 e. The molecule has 0 spiro atoms. The second kappa shape index (κ2) is 8.52. The van der Waals surface area contributed by atoms with E-state index in [0.717, 1.165) is 5.56 Å². The number of nitrogens with zero attached hydrogens (tertiary/aromatic N) is 2. The van der Waals surface area contributed by atoms with Crippen molar-refractivity contribution < 1.29 is 9.18 Å². The van der Waals surface area contributed by atoms with Crippen molar-refractivity contribution in [3.8, 4) is 0 Å². The number of carbonyl (C=O) groups is 1. The number of hydrogen-bond acceptors (Lipinski definition) is 3. The Labute approximate surface area is 168 Å². The maximum atomic E-state index is 13.1. The van der Waals surface area contributed by atoms with Crippen LogP contribution in [0.3, 0.4) is 0 Å². The third-order valence-corrected chi connectivity index (χ3v) is 5.18. The second-order valence-corrected chi connectivity index (χ2v) is 7.27. The van der Waals surface area contributed by atoms with Crippen LogP contribution >= 0.6 is 11.6 Å². The van der Waals surface area contributed by atoms with Crippen molar-refractivity contribution in [3.05, 3.63) is 75.9 Å². The molecule has 0 saturated carbocycles. The van der Waals surface area contributed by atoms with Crippen LogP contribution in [-0.2, 0) is 13.0 Å². The molecule has 146 valence electrons. The van der Waals surface area contributed by atoms with Gasteiger partial charge in [0.25, 0.3) is 0 Å². The number of nitrogen functional groups attached to an aromatic ring is 1. The molecule has 0 aliphatic heterocycles. The number of nitrogens with one attached hydrogen (secondary N) is 1. The van der Waals surface area contributed by atoms with Crippen molar-refractivity contribution in [2.45, 2.75) is 32.7 Å². The third kappa shape index (κ3) is 4.57. The van der Waals surface area contributed by atoms with Gasteiger partial charge in [0.15, 0.2) is 5.78 Å². The van der Waals surface area contributed by atoms with E-state index < -0.39 is 0 Å². The van der Waals surface area contributed by atoms with Crippen molar-refractivity contribution in [1.29, 1.82) is 5.41 Å². The molecule has 0 radical (unpaired) electrons. The lowest BCUT2D eigenvalue weighted by atomic mass is 10.0. The summed E-state index contributed by atoms with van der Waals surface area (Å²) in [7, 11) is 0. The Kier molecular flexibility index (Phi) is 6.09. The lowest BCUT2D eigenvalue weighted by molar-refractivity contribution is 0.0982. The minimum atomic E-state index is -0.230. The molecule has 1 heterocycles. The Morgan fingerprint density at radius 2 is 2.11 bits per heavy atom. The molecular weight excluding hydrogens is 379 g/mol. The number of ketones is 1. The summed E-state index contributed by atoms with van der Waals surface area (Å²) in [6.45, 7) is 2.27. The summed E-state index contributed by atoms with van der Waals surface area (Å²) in [5.74, 6) is -0.178. The molecular formula is C21H22ClFN4O. The number of rotatable bonds is 7. The minimum absolute atomic E-state index is 0.0171. The molecule has 0 saturated heterocycles. The van der Waals surface area contributed by atoms with Gasteiger partial charge >= 0.3 is 0 Å². The summed E-state index contributed by atoms with van der Waals surface area (Å²) in [6, 6.07) is 7.27. The Balaban J connectivity index is 1.66. The van der Waals surface area contributed by atoms with Gasteiger partial charge in [0.2, 0.25) is 0 Å². The Hall–Kier alpha value is -2.73. The predicted molar refractivity (Wildman–Crippen MR) is 109 cm³/mol. The van der Waals surface area contributed by atoms with Gasteiger partial charge in [-0.1, -0.05) is 41.9 Å². The summed E-state index contributed by atoms with van der Waals surface area (Å²) in [5, 5.41) is 12.2. The Morgan fingerprint density at radius 1 is 1.39 bits per heavy atom. The fourth-order valence-corrected chi connectivity index (χ4v) is 3.57. The zero-order valence-corrected chi connectivity index (χ0v) is 16.3. The first-order valence-electron chi connectivity index (χ1n) is 9.08. The van der Waals surface area contributed by atoms with Gasteiger partial charge in [-0.3, -0.25) is 14.9 Å². The molecule has 7 heteroatoms. The molecule has 1 aliphatic carbocycles. The monoisotopic (exact) mass is 400 g/mol. The van der Waals surface area contributed by atoms with Crippen LogP contribution in [0.2, 0.25) is 5.15 Å². The molecule has 0 bridgehead atoms. The van der Waals surface area contributed by atoms with Gasteiger partial charge in [-0.15, -0.1) is 0 Å². The van der Waals surface area contributed by atoms with E-state index in [1.807, 2.05) is 12.1 Å². The first-order chi connectivity index (χ1) is 13.3. The zero-order chi connectivity index (χ0) is 20.3. The summed E-state index contributed by atoms with van der Waals surface area (Å²) >= 11 is 6.44. The topological polar surface area (TPSA) is 84.8 Å². The van der Waals surface area contributed by atoms with Crippen LogP contribution in [0, 0.1) is 18.3 Å². The number of aryl methyl sites for hydroxylation is 2. The van der Waals surface area contributed by atoms with E-state index in [9.17, 15) is 9.18 Å². The first-order valence-corrected chi connectivity index (χ1v) is 9.46. The summed E-state index contributed by atoms with van der Waals surface area (Å²) < 4.78 is 14.7. The highest BCUT2D eigenvalue weighted by atomic mass is 35.5. The summed E-state index contributed by atoms with van der Waals surface area (Å²) in [4.78, 5) is 12.7. The number of allylic oxidation sites excluding steroid dienone is 4. The molecule has 5 nitrogen and oxygen atoms in total. The number of amidine groups is 1. The van der Waals surface area contributed by atoms with Crippen LogP contribution in [0.5, 0.6) is 0 Å². The average molecular weight is 401 g/mol. The fraction of sp³-hybridized carbons (Fsp3) is 0.286. The molecule has 0 amide bonds. The van der Waals surface area contributed by atoms with Gasteiger partial charge in [-0.2, -0.15) is 5.10 Å². The van der Waals surface area contributed by atoms with Gasteiger partial charge in [-0.05, 0) is 37.5 Å². The number of benzene rings is 1. The SMILES string of the molecule is Cc1nn(CC2C=CC(F)=CC2)c(Cl)c1C(=O)CCc1ccc(C(=N)N)cc1. The van der Waals surface area contributed by atoms with E-state index in [2.05, 4.69) is 5.10 Å². The lowest BCUT2D eigenvalue weighted by Gasteiger charge is -2.14. The van der Waals surface area contributed by atoms with E-state index >= 15 is 0 Å². The number of aromatic nitrogens is 2. The van der Waals surface area contributed by atoms with Gasteiger partial charge in [-0.25, -0.2) is 4.39 Å². The molecule has 0 fully saturated rings. The second-order valence-electron chi connectivity index (χ2n) is 6.91. The van der Waals surface area contributed by atoms with Crippen LogP contribution in [0.1, 0.15) is 40.0 Å². The minimum Gasteiger partial charge on any atom is -0.384 e. The van der Waals surface area contributed by atoms with Crippen LogP contribution in [0.15, 0.2) is 48.3 Å². The Morgan fingerprint density at radius 3 is 2.71 bits per heavy atom. The van der Waals surface area contributed by atoms with E-state index in [0.29, 0.717) is 47.8 Å². The van der Waals surface area contributed by atoms with Crippen LogP contribution in [-0.4, -0.2) is 21.4 Å². The van der Waals surface area contributed by atoms with Crippen molar-refractivity contribution in [2.24, 2.45) is 11.7 Å². The molecule has 1 atom stereocenters. The zero-order valence-electron chi connectivity index (χ0n) is 15.6. The van der Waals surface area contributed by atoms with E-state index in [1.54, 1.807) is 35.9 Å². The molecule has 1 unspecified atom stereocenters. The first kappa shape index (κ1) is 20.0. The number of hydrogen-bond donors (Lipinski definition) is 2. The molecule has 3 N–H and O–H groups in total. The molecule has 28 heavy (non-hydrogen) atoms. The van der Waals surface area contributed by atoms with E-state index in [1.165, 1.54) is 6.08 Å². The summed E-state index contributed by atoms with van der Waals surface area (Å²) in [5.41, 5.74) is 8.14. The lowest BCUT2D eigenvalue weighted by Crippen LogP contribution is -2.12. The number of halogens is 2. The standard InChI is InChI=1S/C21H22ClFN4O/c1-13-19(18(28)11-6-14-2-7-16(8-3-14)21(24)25)20(22)27(26-13)12-15-4-9-17(23)10-5-15/h2-4,7-10,15H,5-6,11-12H2,1H3,(H3,24,25). The number of carbonyl (C=O) groups excluding carboxylic acids is 1. The van der Waals surface area contributed by atoms with Crippen LogP contribution in [0.25, 0.3) is 0 Å². The van der Waals surface area contributed by atoms with Crippen molar-refractivity contribution >= 4 is 23.2 Å². The van der Waals surface area contributed by atoms with Crippen molar-refractivity contribution in [3.63, 3.8) is 0 Å². The largest absolute Gasteiger partial charge is 0.384 e. The summed E-state index contributed by atoms with van der Waals surface area (Å²) in [6.07, 6.45) is 6.24. The normalized spacial score (nSPS) is 16.1. The Bertz CT molecular complexity index is 960. The van der Waals surface area contributed by atoms with E-state index in [4.69, 9.17) is 22.7 Å². The quantitative estimate of drug-likeness (QED) is 0.411. The smallest absolute Gasteiger partial charge is 0.168 e. The third-order valence-electron chi connectivity index (χ3n) is 4.80. The van der Waals surface area contributed by atoms with Gasteiger partial charge in [0, 0.05) is 24.4 Å². The highest BCUT2D eigenvalue weighted by molar-refractivity contribution is 6.33.